The zero-order valence-electron chi connectivity index (χ0n) is 46.3. The van der Waals surface area contributed by atoms with Crippen LogP contribution in [0.3, 0.4) is 0 Å². The maximum absolute atomic E-state index is 12.8. The standard InChI is InChI=1S/C64H112O6/c1-4-7-10-13-16-19-22-24-25-26-27-28-29-30-31-32-33-34-35-36-37-38-39-41-42-45-48-51-54-57-63(66)69-60-61(59-68-62(65)56-53-50-47-44-21-18-15-12-9-6-3)70-64(67)58-55-52-49-46-43-40-23-20-17-14-11-8-5-2/h8,11-12,15,17,20,22,24,26-27,40,43,61H,4-7,9-10,13-14,16,18-19,21,23,25,28-39,41-42,44-60H2,1-3H3/b11-8-,15-12-,20-17-,24-22-,27-26-,43-40-. The topological polar surface area (TPSA) is 78.9 Å². The van der Waals surface area contributed by atoms with Gasteiger partial charge in [-0.2, -0.15) is 0 Å². The van der Waals surface area contributed by atoms with E-state index >= 15 is 0 Å². The van der Waals surface area contributed by atoms with E-state index in [0.717, 1.165) is 103 Å². The molecule has 0 N–H and O–H groups in total. The molecule has 0 aromatic carbocycles. The highest BCUT2D eigenvalue weighted by atomic mass is 16.6. The Morgan fingerprint density at radius 2 is 0.586 bits per heavy atom. The summed E-state index contributed by atoms with van der Waals surface area (Å²) in [6.07, 6.45) is 75.0. The highest BCUT2D eigenvalue weighted by molar-refractivity contribution is 5.71. The van der Waals surface area contributed by atoms with Crippen LogP contribution in [0, 0.1) is 0 Å². The van der Waals surface area contributed by atoms with Crippen molar-refractivity contribution < 1.29 is 28.6 Å². The molecule has 0 aromatic rings. The molecule has 0 aliphatic heterocycles. The predicted molar refractivity (Wildman–Crippen MR) is 302 cm³/mol. The molecule has 0 aliphatic rings. The predicted octanol–water partition coefficient (Wildman–Crippen LogP) is 20.2. The van der Waals surface area contributed by atoms with Crippen LogP contribution in [0.1, 0.15) is 297 Å². The van der Waals surface area contributed by atoms with E-state index in [4.69, 9.17) is 14.2 Å². The first kappa shape index (κ1) is 66.9. The second-order valence-corrected chi connectivity index (χ2v) is 19.9. The maximum atomic E-state index is 12.8. The Bertz CT molecular complexity index is 1310. The van der Waals surface area contributed by atoms with Crippen LogP contribution < -0.4 is 0 Å². The number of hydrogen-bond acceptors (Lipinski definition) is 6. The molecular formula is C64H112O6. The van der Waals surface area contributed by atoms with Gasteiger partial charge in [-0.15, -0.1) is 0 Å². The Morgan fingerprint density at radius 3 is 0.957 bits per heavy atom. The highest BCUT2D eigenvalue weighted by Gasteiger charge is 2.19. The molecule has 0 rings (SSSR count). The molecule has 6 heteroatoms. The normalized spacial score (nSPS) is 12.6. The molecule has 0 aliphatic carbocycles. The molecule has 0 radical (unpaired) electrons. The summed E-state index contributed by atoms with van der Waals surface area (Å²) in [5.74, 6) is -0.922. The average molecular weight is 978 g/mol. The van der Waals surface area contributed by atoms with Crippen LogP contribution in [0.25, 0.3) is 0 Å². The first-order valence-electron chi connectivity index (χ1n) is 29.9. The highest BCUT2D eigenvalue weighted by Crippen LogP contribution is 2.16. The van der Waals surface area contributed by atoms with Gasteiger partial charge in [0.25, 0.3) is 0 Å². The van der Waals surface area contributed by atoms with Crippen molar-refractivity contribution in [2.24, 2.45) is 0 Å². The summed E-state index contributed by atoms with van der Waals surface area (Å²) in [5, 5.41) is 0. The number of hydrogen-bond donors (Lipinski definition) is 0. The Kier molecular flexibility index (Phi) is 55.8. The van der Waals surface area contributed by atoms with Gasteiger partial charge in [0.2, 0.25) is 0 Å². The lowest BCUT2D eigenvalue weighted by Crippen LogP contribution is -2.30. The van der Waals surface area contributed by atoms with Crippen LogP contribution in [0.5, 0.6) is 0 Å². The van der Waals surface area contributed by atoms with Gasteiger partial charge in [-0.1, -0.05) is 248 Å². The van der Waals surface area contributed by atoms with Gasteiger partial charge in [0.15, 0.2) is 6.10 Å². The Hall–Kier alpha value is -3.15. The molecule has 1 atom stereocenters. The minimum absolute atomic E-state index is 0.0883. The van der Waals surface area contributed by atoms with E-state index in [2.05, 4.69) is 93.7 Å². The molecule has 0 heterocycles. The number of carbonyl (C=O) groups is 3. The van der Waals surface area contributed by atoms with Crippen LogP contribution in [0.15, 0.2) is 72.9 Å². The van der Waals surface area contributed by atoms with Crippen LogP contribution >= 0.6 is 0 Å². The number of rotatable bonds is 54. The molecule has 0 aromatic heterocycles. The van der Waals surface area contributed by atoms with Gasteiger partial charge < -0.3 is 14.2 Å². The van der Waals surface area contributed by atoms with Gasteiger partial charge in [-0.05, 0) is 103 Å². The van der Waals surface area contributed by atoms with E-state index in [9.17, 15) is 14.4 Å². The van der Waals surface area contributed by atoms with E-state index in [0.29, 0.717) is 19.3 Å². The van der Waals surface area contributed by atoms with E-state index in [1.165, 1.54) is 154 Å². The number of allylic oxidation sites excluding steroid dienone is 12. The molecule has 1 unspecified atom stereocenters. The van der Waals surface area contributed by atoms with Crippen molar-refractivity contribution in [1.29, 1.82) is 0 Å². The summed E-state index contributed by atoms with van der Waals surface area (Å²) in [7, 11) is 0. The van der Waals surface area contributed by atoms with Gasteiger partial charge in [0.1, 0.15) is 13.2 Å². The summed E-state index contributed by atoms with van der Waals surface area (Å²) >= 11 is 0. The van der Waals surface area contributed by atoms with Gasteiger partial charge in [-0.25, -0.2) is 0 Å². The van der Waals surface area contributed by atoms with Crippen molar-refractivity contribution in [3.8, 4) is 0 Å². The zero-order valence-corrected chi connectivity index (χ0v) is 46.3. The number of unbranched alkanes of at least 4 members (excludes halogenated alkanes) is 31. The van der Waals surface area contributed by atoms with E-state index in [1.54, 1.807) is 0 Å². The Labute approximate surface area is 433 Å². The zero-order chi connectivity index (χ0) is 50.7. The number of esters is 3. The summed E-state index contributed by atoms with van der Waals surface area (Å²) in [6, 6.07) is 0. The van der Waals surface area contributed by atoms with Crippen molar-refractivity contribution in [3.05, 3.63) is 72.9 Å². The van der Waals surface area contributed by atoms with E-state index in [1.807, 2.05) is 0 Å². The summed E-state index contributed by atoms with van der Waals surface area (Å²) in [6.45, 7) is 6.44. The number of ether oxygens (including phenoxy) is 3. The maximum Gasteiger partial charge on any atom is 0.306 e. The fourth-order valence-electron chi connectivity index (χ4n) is 8.43. The minimum Gasteiger partial charge on any atom is -0.462 e. The number of carbonyl (C=O) groups excluding carboxylic acids is 3. The Morgan fingerprint density at radius 1 is 0.300 bits per heavy atom. The fraction of sp³-hybridized carbons (Fsp3) is 0.766. The largest absolute Gasteiger partial charge is 0.462 e. The molecule has 6 nitrogen and oxygen atoms in total. The lowest BCUT2D eigenvalue weighted by atomic mass is 10.0. The van der Waals surface area contributed by atoms with E-state index in [-0.39, 0.29) is 31.1 Å². The van der Waals surface area contributed by atoms with Crippen molar-refractivity contribution in [1.82, 2.24) is 0 Å². The van der Waals surface area contributed by atoms with Crippen molar-refractivity contribution in [3.63, 3.8) is 0 Å². The third-order valence-corrected chi connectivity index (χ3v) is 12.9. The molecule has 404 valence electrons. The second-order valence-electron chi connectivity index (χ2n) is 19.9. The summed E-state index contributed by atoms with van der Waals surface area (Å²) in [5.41, 5.74) is 0. The van der Waals surface area contributed by atoms with Crippen molar-refractivity contribution >= 4 is 17.9 Å². The van der Waals surface area contributed by atoms with Gasteiger partial charge in [0, 0.05) is 19.3 Å². The van der Waals surface area contributed by atoms with Gasteiger partial charge in [0.05, 0.1) is 0 Å². The molecular weight excluding hydrogens is 865 g/mol. The monoisotopic (exact) mass is 977 g/mol. The SMILES string of the molecule is CC/C=C\C/C=C\C/C=C\CCCCCC(=O)OC(COC(=O)CCCCCCC/C=C\CCC)COC(=O)CCCCCCCCCCCCCCCCCCC/C=C\C/C=C\CCCCCCC. The van der Waals surface area contributed by atoms with Crippen LogP contribution in [-0.4, -0.2) is 37.2 Å². The average Bonchev–Trinajstić information content (AvgIpc) is 3.36. The quantitative estimate of drug-likeness (QED) is 0.0261. The molecule has 0 saturated carbocycles. The minimum atomic E-state index is -0.792. The van der Waals surface area contributed by atoms with Gasteiger partial charge >= 0.3 is 17.9 Å². The second kappa shape index (κ2) is 58.4. The van der Waals surface area contributed by atoms with E-state index < -0.39 is 6.10 Å². The molecule has 0 spiro atoms. The molecule has 0 saturated heterocycles. The summed E-state index contributed by atoms with van der Waals surface area (Å²) < 4.78 is 16.8. The van der Waals surface area contributed by atoms with Crippen LogP contribution in [-0.2, 0) is 28.6 Å². The van der Waals surface area contributed by atoms with Crippen LogP contribution in [0.4, 0.5) is 0 Å². The van der Waals surface area contributed by atoms with Crippen molar-refractivity contribution in [2.45, 2.75) is 303 Å². The molecule has 70 heavy (non-hydrogen) atoms. The molecule has 0 amide bonds. The smallest absolute Gasteiger partial charge is 0.306 e. The molecule has 0 bridgehead atoms. The first-order valence-corrected chi connectivity index (χ1v) is 29.9. The third kappa shape index (κ3) is 55.8. The van der Waals surface area contributed by atoms with Crippen LogP contribution in [0.2, 0.25) is 0 Å². The summed E-state index contributed by atoms with van der Waals surface area (Å²) in [4.78, 5) is 38.0. The first-order chi connectivity index (χ1) is 34.5. The van der Waals surface area contributed by atoms with Crippen molar-refractivity contribution in [2.75, 3.05) is 13.2 Å². The Balaban J connectivity index is 4.13. The van der Waals surface area contributed by atoms with Gasteiger partial charge in [-0.3, -0.25) is 14.4 Å². The lowest BCUT2D eigenvalue weighted by molar-refractivity contribution is -0.167. The molecule has 0 fully saturated rings. The third-order valence-electron chi connectivity index (χ3n) is 12.9. The lowest BCUT2D eigenvalue weighted by Gasteiger charge is -2.18. The fourth-order valence-corrected chi connectivity index (χ4v) is 8.43.